The van der Waals surface area contributed by atoms with Gasteiger partial charge in [-0.15, -0.1) is 11.3 Å². The van der Waals surface area contributed by atoms with Gasteiger partial charge in [0.05, 0.1) is 16.3 Å². The molecule has 2 aromatic carbocycles. The standard InChI is InChI=1S/C20H11ClF2N2O2S/c21-14-10-13(6-7-15(14)23)25-19(26)17(16-5-2-8-28-16)18(20(25)27)24-12-4-1-3-11(22)9-12/h1-10,24H. The molecule has 0 atom stereocenters. The van der Waals surface area contributed by atoms with Crippen molar-refractivity contribution in [3.05, 3.63) is 87.2 Å². The monoisotopic (exact) mass is 416 g/mol. The lowest BCUT2D eigenvalue weighted by Gasteiger charge is -2.15. The number of amides is 2. The number of nitrogens with zero attached hydrogens (tertiary/aromatic N) is 1. The zero-order valence-corrected chi connectivity index (χ0v) is 15.7. The molecule has 28 heavy (non-hydrogen) atoms. The summed E-state index contributed by atoms with van der Waals surface area (Å²) in [6.45, 7) is 0. The van der Waals surface area contributed by atoms with Gasteiger partial charge in [-0.05, 0) is 47.8 Å². The van der Waals surface area contributed by atoms with E-state index < -0.39 is 23.4 Å². The second kappa shape index (κ2) is 7.18. The molecule has 1 N–H and O–H groups in total. The number of hydrogen-bond acceptors (Lipinski definition) is 4. The summed E-state index contributed by atoms with van der Waals surface area (Å²) in [7, 11) is 0. The Hall–Kier alpha value is -3.03. The van der Waals surface area contributed by atoms with Crippen LogP contribution in [0.25, 0.3) is 5.57 Å². The van der Waals surface area contributed by atoms with E-state index in [0.29, 0.717) is 10.6 Å². The molecule has 0 fully saturated rings. The van der Waals surface area contributed by atoms with Crippen LogP contribution in [0.3, 0.4) is 0 Å². The van der Waals surface area contributed by atoms with Crippen molar-refractivity contribution < 1.29 is 18.4 Å². The highest BCUT2D eigenvalue weighted by molar-refractivity contribution is 7.11. The largest absolute Gasteiger partial charge is 0.350 e. The molecule has 0 unspecified atom stereocenters. The van der Waals surface area contributed by atoms with Gasteiger partial charge in [-0.1, -0.05) is 23.7 Å². The van der Waals surface area contributed by atoms with Gasteiger partial charge in [-0.25, -0.2) is 13.7 Å². The first kappa shape index (κ1) is 18.3. The molecule has 3 aromatic rings. The van der Waals surface area contributed by atoms with Crippen molar-refractivity contribution in [2.45, 2.75) is 0 Å². The Balaban J connectivity index is 1.80. The normalized spacial score (nSPS) is 14.2. The van der Waals surface area contributed by atoms with Crippen LogP contribution in [0.4, 0.5) is 20.2 Å². The van der Waals surface area contributed by atoms with Gasteiger partial charge in [0.15, 0.2) is 0 Å². The molecular weight excluding hydrogens is 406 g/mol. The van der Waals surface area contributed by atoms with Crippen molar-refractivity contribution in [1.29, 1.82) is 0 Å². The van der Waals surface area contributed by atoms with Gasteiger partial charge >= 0.3 is 0 Å². The number of benzene rings is 2. The summed E-state index contributed by atoms with van der Waals surface area (Å²) in [6, 6.07) is 12.6. The molecule has 4 rings (SSSR count). The summed E-state index contributed by atoms with van der Waals surface area (Å²) < 4.78 is 27.0. The fourth-order valence-corrected chi connectivity index (χ4v) is 3.81. The van der Waals surface area contributed by atoms with Crippen molar-refractivity contribution in [3.8, 4) is 0 Å². The van der Waals surface area contributed by atoms with E-state index in [1.807, 2.05) is 0 Å². The molecule has 140 valence electrons. The average Bonchev–Trinajstić information content (AvgIpc) is 3.25. The van der Waals surface area contributed by atoms with E-state index in [2.05, 4.69) is 5.32 Å². The van der Waals surface area contributed by atoms with Crippen LogP contribution in [-0.2, 0) is 9.59 Å². The third-order valence-corrected chi connectivity index (χ3v) is 5.28. The highest BCUT2D eigenvalue weighted by Crippen LogP contribution is 2.36. The van der Waals surface area contributed by atoms with E-state index in [0.717, 1.165) is 11.0 Å². The van der Waals surface area contributed by atoms with Crippen molar-refractivity contribution in [1.82, 2.24) is 0 Å². The Kier molecular flexibility index (Phi) is 4.70. The molecule has 0 spiro atoms. The Morgan fingerprint density at radius 2 is 1.79 bits per heavy atom. The molecule has 8 heteroatoms. The maximum atomic E-state index is 13.5. The van der Waals surface area contributed by atoms with E-state index in [9.17, 15) is 18.4 Å². The fraction of sp³-hybridized carbons (Fsp3) is 0. The number of thiophene rings is 1. The quantitative estimate of drug-likeness (QED) is 0.604. The van der Waals surface area contributed by atoms with E-state index >= 15 is 0 Å². The minimum atomic E-state index is -0.658. The fourth-order valence-electron chi connectivity index (χ4n) is 2.86. The minimum absolute atomic E-state index is 0.0125. The predicted octanol–water partition coefficient (Wildman–Crippen LogP) is 5.08. The Morgan fingerprint density at radius 1 is 0.964 bits per heavy atom. The van der Waals surface area contributed by atoms with Crippen LogP contribution in [0.2, 0.25) is 5.02 Å². The number of imide groups is 1. The number of halogens is 3. The molecule has 0 aliphatic carbocycles. The molecule has 2 amide bonds. The maximum Gasteiger partial charge on any atom is 0.282 e. The minimum Gasteiger partial charge on any atom is -0.350 e. The van der Waals surface area contributed by atoms with Crippen LogP contribution in [0.5, 0.6) is 0 Å². The zero-order chi connectivity index (χ0) is 19.8. The van der Waals surface area contributed by atoms with Crippen LogP contribution in [0.1, 0.15) is 4.88 Å². The van der Waals surface area contributed by atoms with Gasteiger partial charge in [-0.2, -0.15) is 0 Å². The van der Waals surface area contributed by atoms with Crippen molar-refractivity contribution in [3.63, 3.8) is 0 Å². The van der Waals surface area contributed by atoms with Crippen LogP contribution >= 0.6 is 22.9 Å². The predicted molar refractivity (Wildman–Crippen MR) is 105 cm³/mol. The Bertz CT molecular complexity index is 1130. The summed E-state index contributed by atoms with van der Waals surface area (Å²) in [5.74, 6) is -2.36. The summed E-state index contributed by atoms with van der Waals surface area (Å²) in [5.41, 5.74) is 0.638. The molecule has 4 nitrogen and oxygen atoms in total. The average molecular weight is 417 g/mol. The molecule has 2 heterocycles. The molecule has 0 saturated carbocycles. The zero-order valence-electron chi connectivity index (χ0n) is 14.1. The molecule has 1 aromatic heterocycles. The number of nitrogens with one attached hydrogen (secondary N) is 1. The smallest absolute Gasteiger partial charge is 0.282 e. The summed E-state index contributed by atoms with van der Waals surface area (Å²) >= 11 is 7.10. The van der Waals surface area contributed by atoms with Gasteiger partial charge in [0.2, 0.25) is 0 Å². The second-order valence-corrected chi connectivity index (χ2v) is 7.26. The van der Waals surface area contributed by atoms with Gasteiger partial charge in [0, 0.05) is 10.6 Å². The molecule has 0 saturated heterocycles. The number of hydrogen-bond donors (Lipinski definition) is 1. The third kappa shape index (κ3) is 3.19. The molecule has 0 radical (unpaired) electrons. The molecule has 0 bridgehead atoms. The number of carbonyl (C=O) groups is 2. The maximum absolute atomic E-state index is 13.5. The first-order valence-electron chi connectivity index (χ1n) is 8.10. The second-order valence-electron chi connectivity index (χ2n) is 5.91. The van der Waals surface area contributed by atoms with E-state index in [1.54, 1.807) is 23.6 Å². The lowest BCUT2D eigenvalue weighted by atomic mass is 10.2. The number of rotatable bonds is 4. The van der Waals surface area contributed by atoms with Crippen molar-refractivity contribution in [2.24, 2.45) is 0 Å². The summed E-state index contributed by atoms with van der Waals surface area (Å²) in [4.78, 5) is 27.6. The molecule has 1 aliphatic rings. The summed E-state index contributed by atoms with van der Waals surface area (Å²) in [6.07, 6.45) is 0. The molecule has 1 aliphatic heterocycles. The van der Waals surface area contributed by atoms with Crippen LogP contribution in [0.15, 0.2) is 65.7 Å². The van der Waals surface area contributed by atoms with Crippen molar-refractivity contribution >= 4 is 51.7 Å². The summed E-state index contributed by atoms with van der Waals surface area (Å²) in [5, 5.41) is 4.42. The van der Waals surface area contributed by atoms with Crippen LogP contribution in [0, 0.1) is 11.6 Å². The van der Waals surface area contributed by atoms with Crippen molar-refractivity contribution in [2.75, 3.05) is 10.2 Å². The third-order valence-electron chi connectivity index (χ3n) is 4.11. The lowest BCUT2D eigenvalue weighted by molar-refractivity contribution is -0.120. The topological polar surface area (TPSA) is 49.4 Å². The Morgan fingerprint density at radius 3 is 2.46 bits per heavy atom. The van der Waals surface area contributed by atoms with Gasteiger partial charge in [0.25, 0.3) is 11.8 Å². The van der Waals surface area contributed by atoms with E-state index in [1.165, 1.54) is 41.7 Å². The van der Waals surface area contributed by atoms with Crippen LogP contribution < -0.4 is 10.2 Å². The molecular formula is C20H11ClF2N2O2S. The Labute approximate surface area is 167 Å². The van der Waals surface area contributed by atoms with Gasteiger partial charge in [0.1, 0.15) is 17.3 Å². The van der Waals surface area contributed by atoms with Gasteiger partial charge < -0.3 is 5.32 Å². The lowest BCUT2D eigenvalue weighted by Crippen LogP contribution is -2.32. The van der Waals surface area contributed by atoms with Gasteiger partial charge in [-0.3, -0.25) is 9.59 Å². The highest BCUT2D eigenvalue weighted by Gasteiger charge is 2.40. The van der Waals surface area contributed by atoms with E-state index in [4.69, 9.17) is 11.6 Å². The number of carbonyl (C=O) groups excluding carboxylic acids is 2. The van der Waals surface area contributed by atoms with Crippen LogP contribution in [-0.4, -0.2) is 11.8 Å². The first-order valence-corrected chi connectivity index (χ1v) is 9.36. The highest BCUT2D eigenvalue weighted by atomic mass is 35.5. The van der Waals surface area contributed by atoms with E-state index in [-0.39, 0.29) is 22.0 Å². The SMILES string of the molecule is O=C1C(Nc2cccc(F)c2)=C(c2cccs2)C(=O)N1c1ccc(F)c(Cl)c1. The number of anilines is 2. The first-order chi connectivity index (χ1) is 13.5.